The molecule has 1 amide bonds. The molecule has 3 aromatic carbocycles. The number of carboxylic acid groups (broad SMARTS) is 1. The molecule has 1 aliphatic heterocycles. The number of furan rings is 1. The molecule has 2 heterocycles. The van der Waals surface area contributed by atoms with E-state index in [0.717, 1.165) is 5.01 Å². The Morgan fingerprint density at radius 3 is 2.29 bits per heavy atom. The maximum Gasteiger partial charge on any atom is 0.335 e. The van der Waals surface area contributed by atoms with Crippen LogP contribution in [0.4, 0.5) is 5.69 Å². The van der Waals surface area contributed by atoms with Gasteiger partial charge in [-0.1, -0.05) is 36.4 Å². The van der Waals surface area contributed by atoms with Gasteiger partial charge in [-0.3, -0.25) is 14.4 Å². The summed E-state index contributed by atoms with van der Waals surface area (Å²) in [6, 6.07) is 21.1. The summed E-state index contributed by atoms with van der Waals surface area (Å²) in [6.07, 6.45) is 1.56. The summed E-state index contributed by atoms with van der Waals surface area (Å²) in [4.78, 5) is 50.4. The molecule has 0 atom stereocenters. The van der Waals surface area contributed by atoms with E-state index in [1.807, 2.05) is 0 Å². The molecule has 0 radical (unpaired) electrons. The van der Waals surface area contributed by atoms with Crippen molar-refractivity contribution in [3.8, 4) is 11.3 Å². The van der Waals surface area contributed by atoms with E-state index in [0.29, 0.717) is 56.3 Å². The monoisotopic (exact) mass is 502 g/mol. The largest absolute Gasteiger partial charge is 0.478 e. The van der Waals surface area contributed by atoms with Gasteiger partial charge in [-0.2, -0.15) is 10.1 Å². The highest BCUT2D eigenvalue weighted by Gasteiger charge is 2.31. The third kappa shape index (κ3) is 3.67. The van der Waals surface area contributed by atoms with E-state index in [1.54, 1.807) is 79.7 Å². The number of fused-ring (bicyclic) bond motifs is 2. The van der Waals surface area contributed by atoms with Gasteiger partial charge in [0.2, 0.25) is 0 Å². The zero-order valence-electron chi connectivity index (χ0n) is 20.0. The number of carbonyl (C=O) groups excluding carboxylic acids is 3. The molecule has 4 aromatic rings. The highest BCUT2D eigenvalue weighted by atomic mass is 16.4. The van der Waals surface area contributed by atoms with Gasteiger partial charge in [0.15, 0.2) is 11.6 Å². The molecule has 0 bridgehead atoms. The van der Waals surface area contributed by atoms with Crippen molar-refractivity contribution >= 4 is 40.9 Å². The summed E-state index contributed by atoms with van der Waals surface area (Å²) in [5.74, 6) is -1.08. The summed E-state index contributed by atoms with van der Waals surface area (Å²) in [7, 11) is 0. The first-order chi connectivity index (χ1) is 18.3. The maximum absolute atomic E-state index is 13.1. The van der Waals surface area contributed by atoms with Crippen molar-refractivity contribution in [1.29, 1.82) is 0 Å². The molecule has 38 heavy (non-hydrogen) atoms. The van der Waals surface area contributed by atoms with Crippen LogP contribution < -0.4 is 5.01 Å². The van der Waals surface area contributed by atoms with Crippen LogP contribution in [0.15, 0.2) is 94.0 Å². The maximum atomic E-state index is 13.1. The van der Waals surface area contributed by atoms with Gasteiger partial charge in [0.05, 0.1) is 22.5 Å². The molecule has 0 saturated heterocycles. The van der Waals surface area contributed by atoms with Crippen LogP contribution in [-0.2, 0) is 4.79 Å². The number of carboxylic acids is 1. The Morgan fingerprint density at radius 2 is 1.55 bits per heavy atom. The molecule has 0 unspecified atom stereocenters. The van der Waals surface area contributed by atoms with Crippen LogP contribution in [0.1, 0.15) is 54.9 Å². The normalized spacial score (nSPS) is 15.5. The highest BCUT2D eigenvalue weighted by Crippen LogP contribution is 2.32. The first-order valence-corrected chi connectivity index (χ1v) is 11.7. The zero-order chi connectivity index (χ0) is 26.6. The number of benzene rings is 3. The predicted molar refractivity (Wildman–Crippen MR) is 139 cm³/mol. The van der Waals surface area contributed by atoms with Crippen LogP contribution in [0.2, 0.25) is 0 Å². The molecular weight excluding hydrogens is 484 g/mol. The second kappa shape index (κ2) is 8.63. The fourth-order valence-corrected chi connectivity index (χ4v) is 4.61. The fraction of sp³-hybridized carbons (Fsp3) is 0.0333. The average molecular weight is 502 g/mol. The molecule has 1 N–H and O–H groups in total. The lowest BCUT2D eigenvalue weighted by molar-refractivity contribution is -0.114. The zero-order valence-corrected chi connectivity index (χ0v) is 20.0. The Labute approximate surface area is 216 Å². The molecule has 184 valence electrons. The van der Waals surface area contributed by atoms with Crippen LogP contribution in [0.5, 0.6) is 0 Å². The second-order valence-electron chi connectivity index (χ2n) is 8.88. The average Bonchev–Trinajstić information content (AvgIpc) is 3.52. The predicted octanol–water partition coefficient (Wildman–Crippen LogP) is 5.23. The number of aromatic carboxylic acids is 1. The lowest BCUT2D eigenvalue weighted by Crippen LogP contribution is -2.21. The standard InChI is InChI=1S/C30H18N2O6/c1-16-24(29(35)32(31-16)19-6-4-5-18(13-19)30(36)37)15-20-10-12-26(38-20)17-9-11-23-25(14-17)28(34)22-8-3-2-7-21(22)27(23)33/h2-15H,1H3,(H,36,37)/b24-15+. The molecule has 0 spiro atoms. The highest BCUT2D eigenvalue weighted by molar-refractivity contribution is 6.32. The molecule has 1 aliphatic carbocycles. The van der Waals surface area contributed by atoms with Crippen molar-refractivity contribution in [3.63, 3.8) is 0 Å². The number of anilines is 1. The van der Waals surface area contributed by atoms with Crippen LogP contribution in [-0.4, -0.2) is 34.3 Å². The van der Waals surface area contributed by atoms with Gasteiger partial charge in [0, 0.05) is 27.8 Å². The minimum Gasteiger partial charge on any atom is -0.478 e. The van der Waals surface area contributed by atoms with E-state index in [1.165, 1.54) is 12.1 Å². The summed E-state index contributed by atoms with van der Waals surface area (Å²) < 4.78 is 5.97. The van der Waals surface area contributed by atoms with Gasteiger partial charge in [0.25, 0.3) is 5.91 Å². The topological polar surface area (TPSA) is 117 Å². The first-order valence-electron chi connectivity index (χ1n) is 11.7. The van der Waals surface area contributed by atoms with Crippen molar-refractivity contribution in [2.75, 3.05) is 5.01 Å². The van der Waals surface area contributed by atoms with Crippen molar-refractivity contribution in [2.45, 2.75) is 6.92 Å². The minimum atomic E-state index is -1.10. The van der Waals surface area contributed by atoms with Crippen molar-refractivity contribution in [1.82, 2.24) is 0 Å². The Hall–Kier alpha value is -5.37. The smallest absolute Gasteiger partial charge is 0.335 e. The van der Waals surface area contributed by atoms with Crippen LogP contribution >= 0.6 is 0 Å². The number of hydrogen-bond acceptors (Lipinski definition) is 6. The molecule has 1 aromatic heterocycles. The Balaban J connectivity index is 1.29. The molecule has 6 rings (SSSR count). The van der Waals surface area contributed by atoms with Crippen molar-refractivity contribution in [3.05, 3.63) is 118 Å². The van der Waals surface area contributed by atoms with Gasteiger partial charge in [0.1, 0.15) is 11.5 Å². The molecule has 2 aliphatic rings. The van der Waals surface area contributed by atoms with E-state index < -0.39 is 11.9 Å². The van der Waals surface area contributed by atoms with Gasteiger partial charge < -0.3 is 9.52 Å². The first kappa shape index (κ1) is 23.1. The molecular formula is C30H18N2O6. The SMILES string of the molecule is CC1=NN(c2cccc(C(=O)O)c2)C(=O)/C1=C/c1ccc(-c2ccc3c(c2)C(=O)c2ccccc2C3=O)o1. The lowest BCUT2D eigenvalue weighted by atomic mass is 9.83. The number of hydrazone groups is 1. The summed E-state index contributed by atoms with van der Waals surface area (Å²) in [5.41, 5.74) is 3.19. The Morgan fingerprint density at radius 1 is 0.842 bits per heavy atom. The fourth-order valence-electron chi connectivity index (χ4n) is 4.61. The molecule has 0 saturated carbocycles. The van der Waals surface area contributed by atoms with E-state index in [9.17, 15) is 24.3 Å². The quantitative estimate of drug-likeness (QED) is 0.337. The molecule has 8 nitrogen and oxygen atoms in total. The number of ketones is 2. The van der Waals surface area contributed by atoms with E-state index in [4.69, 9.17) is 4.42 Å². The number of amides is 1. The third-order valence-electron chi connectivity index (χ3n) is 6.52. The van der Waals surface area contributed by atoms with E-state index in [-0.39, 0.29) is 17.1 Å². The summed E-state index contributed by atoms with van der Waals surface area (Å²) >= 11 is 0. The van der Waals surface area contributed by atoms with Crippen molar-refractivity contribution < 1.29 is 28.7 Å². The summed E-state index contributed by atoms with van der Waals surface area (Å²) in [5, 5.41) is 14.7. The lowest BCUT2D eigenvalue weighted by Gasteiger charge is -2.17. The van der Waals surface area contributed by atoms with Crippen LogP contribution in [0.3, 0.4) is 0 Å². The van der Waals surface area contributed by atoms with Gasteiger partial charge in [-0.05, 0) is 55.5 Å². The number of carbonyl (C=O) groups is 4. The Bertz CT molecular complexity index is 1770. The van der Waals surface area contributed by atoms with Crippen LogP contribution in [0.25, 0.3) is 17.4 Å². The molecule has 0 fully saturated rings. The summed E-state index contributed by atoms with van der Waals surface area (Å²) in [6.45, 7) is 1.68. The van der Waals surface area contributed by atoms with E-state index >= 15 is 0 Å². The van der Waals surface area contributed by atoms with Gasteiger partial charge in [-0.15, -0.1) is 0 Å². The Kier molecular flexibility index (Phi) is 5.24. The third-order valence-corrected chi connectivity index (χ3v) is 6.52. The van der Waals surface area contributed by atoms with E-state index in [2.05, 4.69) is 5.10 Å². The van der Waals surface area contributed by atoms with Crippen molar-refractivity contribution in [2.24, 2.45) is 5.10 Å². The minimum absolute atomic E-state index is 0.0463. The number of nitrogens with zero attached hydrogens (tertiary/aromatic N) is 2. The number of hydrogen-bond donors (Lipinski definition) is 1. The van der Waals surface area contributed by atoms with Crippen LogP contribution in [0, 0.1) is 0 Å². The van der Waals surface area contributed by atoms with Gasteiger partial charge in [-0.25, -0.2) is 4.79 Å². The number of rotatable bonds is 4. The second-order valence-corrected chi connectivity index (χ2v) is 8.88. The van der Waals surface area contributed by atoms with Gasteiger partial charge >= 0.3 is 5.97 Å². The molecule has 8 heteroatoms.